The van der Waals surface area contributed by atoms with Crippen LogP contribution in [-0.2, 0) is 5.41 Å². The molecule has 0 aliphatic heterocycles. The molecule has 0 aromatic heterocycles. The van der Waals surface area contributed by atoms with E-state index in [2.05, 4.69) is 63.3 Å². The predicted octanol–water partition coefficient (Wildman–Crippen LogP) is 6.67. The number of hydrogen-bond donors (Lipinski definition) is 0. The van der Waals surface area contributed by atoms with Gasteiger partial charge in [-0.1, -0.05) is 81.3 Å². The van der Waals surface area contributed by atoms with Gasteiger partial charge < -0.3 is 4.74 Å². The highest BCUT2D eigenvalue weighted by atomic mass is 16.5. The molecular formula is C23H26O. The van der Waals surface area contributed by atoms with E-state index in [0.29, 0.717) is 5.92 Å². The molecule has 2 aromatic rings. The summed E-state index contributed by atoms with van der Waals surface area (Å²) in [5.41, 5.74) is 2.95. The van der Waals surface area contributed by atoms with E-state index in [4.69, 9.17) is 4.74 Å². The van der Waals surface area contributed by atoms with E-state index in [-0.39, 0.29) is 5.41 Å². The number of benzene rings is 2. The Labute approximate surface area is 145 Å². The molecule has 0 saturated carbocycles. The van der Waals surface area contributed by atoms with Crippen molar-refractivity contribution in [2.24, 2.45) is 5.92 Å². The van der Waals surface area contributed by atoms with E-state index < -0.39 is 0 Å². The van der Waals surface area contributed by atoms with Crippen LogP contribution in [0, 0.1) is 5.92 Å². The number of ether oxygens (including phenoxy) is 1. The molecule has 2 atom stereocenters. The third kappa shape index (κ3) is 3.17. The Morgan fingerprint density at radius 1 is 0.958 bits per heavy atom. The molecule has 0 fully saturated rings. The summed E-state index contributed by atoms with van der Waals surface area (Å²) in [7, 11) is 0. The van der Waals surface area contributed by atoms with E-state index in [1.54, 1.807) is 0 Å². The normalized spacial score (nSPS) is 23.0. The third-order valence-electron chi connectivity index (χ3n) is 5.23. The first kappa shape index (κ1) is 16.6. The number of para-hydroxylation sites is 1. The van der Waals surface area contributed by atoms with E-state index in [0.717, 1.165) is 17.9 Å². The van der Waals surface area contributed by atoms with Gasteiger partial charge in [-0.2, -0.15) is 0 Å². The Morgan fingerprint density at radius 3 is 2.29 bits per heavy atom. The van der Waals surface area contributed by atoms with Crippen LogP contribution in [0.25, 0.3) is 0 Å². The highest BCUT2D eigenvalue weighted by molar-refractivity contribution is 5.44. The molecule has 3 rings (SSSR count). The molecule has 2 aromatic carbocycles. The van der Waals surface area contributed by atoms with Crippen molar-refractivity contribution in [3.8, 4) is 11.5 Å². The quantitative estimate of drug-likeness (QED) is 0.598. The SMILES string of the molecule is CCCC1=CC=CC(C)C1(C)c1ccc(Oc2ccccc2)cc1. The van der Waals surface area contributed by atoms with Crippen molar-refractivity contribution >= 4 is 0 Å². The molecule has 1 heteroatoms. The summed E-state index contributed by atoms with van der Waals surface area (Å²) in [6.07, 6.45) is 9.15. The smallest absolute Gasteiger partial charge is 0.127 e. The Balaban J connectivity index is 1.86. The van der Waals surface area contributed by atoms with Crippen molar-refractivity contribution in [3.63, 3.8) is 0 Å². The zero-order valence-corrected chi connectivity index (χ0v) is 14.8. The Bertz CT molecular complexity index is 724. The highest BCUT2D eigenvalue weighted by Gasteiger charge is 2.36. The summed E-state index contributed by atoms with van der Waals surface area (Å²) in [6, 6.07) is 18.5. The van der Waals surface area contributed by atoms with Crippen LogP contribution in [0.3, 0.4) is 0 Å². The van der Waals surface area contributed by atoms with Crippen LogP contribution in [0.2, 0.25) is 0 Å². The summed E-state index contributed by atoms with van der Waals surface area (Å²) < 4.78 is 5.93. The molecule has 0 heterocycles. The first-order chi connectivity index (χ1) is 11.6. The lowest BCUT2D eigenvalue weighted by Gasteiger charge is -2.39. The summed E-state index contributed by atoms with van der Waals surface area (Å²) in [6.45, 7) is 6.93. The van der Waals surface area contributed by atoms with E-state index in [1.165, 1.54) is 17.6 Å². The van der Waals surface area contributed by atoms with E-state index in [1.807, 2.05) is 30.3 Å². The average molecular weight is 318 g/mol. The van der Waals surface area contributed by atoms with Crippen LogP contribution in [0.4, 0.5) is 0 Å². The van der Waals surface area contributed by atoms with Gasteiger partial charge in [0.05, 0.1) is 0 Å². The molecule has 2 unspecified atom stereocenters. The maximum atomic E-state index is 5.93. The predicted molar refractivity (Wildman–Crippen MR) is 102 cm³/mol. The lowest BCUT2D eigenvalue weighted by molar-refractivity contribution is 0.414. The Kier molecular flexibility index (Phi) is 4.89. The maximum absolute atomic E-state index is 5.93. The minimum absolute atomic E-state index is 0.0655. The van der Waals surface area contributed by atoms with Crippen molar-refractivity contribution in [2.45, 2.75) is 39.0 Å². The van der Waals surface area contributed by atoms with Crippen LogP contribution in [-0.4, -0.2) is 0 Å². The van der Waals surface area contributed by atoms with Crippen LogP contribution in [0.5, 0.6) is 11.5 Å². The van der Waals surface area contributed by atoms with Gasteiger partial charge in [-0.25, -0.2) is 0 Å². The van der Waals surface area contributed by atoms with Crippen LogP contribution in [0.1, 0.15) is 39.2 Å². The zero-order chi connectivity index (χ0) is 17.0. The second kappa shape index (κ2) is 7.09. The summed E-state index contributed by atoms with van der Waals surface area (Å²) in [5.74, 6) is 2.25. The summed E-state index contributed by atoms with van der Waals surface area (Å²) >= 11 is 0. The highest BCUT2D eigenvalue weighted by Crippen LogP contribution is 2.44. The van der Waals surface area contributed by atoms with Gasteiger partial charge in [-0.15, -0.1) is 0 Å². The molecule has 0 N–H and O–H groups in total. The van der Waals surface area contributed by atoms with Gasteiger partial charge in [0, 0.05) is 5.41 Å². The Morgan fingerprint density at radius 2 is 1.62 bits per heavy atom. The lowest BCUT2D eigenvalue weighted by atomic mass is 9.64. The molecule has 124 valence electrons. The van der Waals surface area contributed by atoms with Gasteiger partial charge >= 0.3 is 0 Å². The number of hydrogen-bond acceptors (Lipinski definition) is 1. The molecule has 1 aliphatic rings. The van der Waals surface area contributed by atoms with Crippen LogP contribution in [0.15, 0.2) is 78.4 Å². The monoisotopic (exact) mass is 318 g/mol. The zero-order valence-electron chi connectivity index (χ0n) is 14.8. The first-order valence-corrected chi connectivity index (χ1v) is 8.86. The maximum Gasteiger partial charge on any atom is 0.127 e. The topological polar surface area (TPSA) is 9.23 Å². The molecule has 0 saturated heterocycles. The van der Waals surface area contributed by atoms with Crippen molar-refractivity contribution in [1.82, 2.24) is 0 Å². The van der Waals surface area contributed by atoms with Gasteiger partial charge in [-0.3, -0.25) is 0 Å². The molecule has 0 bridgehead atoms. The fraction of sp³-hybridized carbons (Fsp3) is 0.304. The minimum Gasteiger partial charge on any atom is -0.457 e. The fourth-order valence-corrected chi connectivity index (χ4v) is 3.55. The largest absolute Gasteiger partial charge is 0.457 e. The van der Waals surface area contributed by atoms with Gasteiger partial charge in [0.25, 0.3) is 0 Å². The fourth-order valence-electron chi connectivity index (χ4n) is 3.55. The van der Waals surface area contributed by atoms with Gasteiger partial charge in [-0.05, 0) is 42.2 Å². The third-order valence-corrected chi connectivity index (χ3v) is 5.23. The van der Waals surface area contributed by atoms with Crippen molar-refractivity contribution in [1.29, 1.82) is 0 Å². The second-order valence-corrected chi connectivity index (χ2v) is 6.76. The minimum atomic E-state index is 0.0655. The lowest BCUT2D eigenvalue weighted by Crippen LogP contribution is -2.33. The van der Waals surface area contributed by atoms with Crippen LogP contribution < -0.4 is 4.74 Å². The summed E-state index contributed by atoms with van der Waals surface area (Å²) in [5, 5.41) is 0. The van der Waals surface area contributed by atoms with Crippen molar-refractivity contribution in [2.75, 3.05) is 0 Å². The first-order valence-electron chi connectivity index (χ1n) is 8.86. The molecule has 1 nitrogen and oxygen atoms in total. The van der Waals surface area contributed by atoms with Gasteiger partial charge in [0.2, 0.25) is 0 Å². The van der Waals surface area contributed by atoms with E-state index in [9.17, 15) is 0 Å². The van der Waals surface area contributed by atoms with E-state index >= 15 is 0 Å². The molecule has 0 radical (unpaired) electrons. The number of rotatable bonds is 5. The molecule has 1 aliphatic carbocycles. The van der Waals surface area contributed by atoms with Crippen LogP contribution >= 0.6 is 0 Å². The van der Waals surface area contributed by atoms with Gasteiger partial charge in [0.15, 0.2) is 0 Å². The second-order valence-electron chi connectivity index (χ2n) is 6.76. The molecule has 24 heavy (non-hydrogen) atoms. The summed E-state index contributed by atoms with van der Waals surface area (Å²) in [4.78, 5) is 0. The van der Waals surface area contributed by atoms with Crippen molar-refractivity contribution < 1.29 is 4.74 Å². The van der Waals surface area contributed by atoms with Gasteiger partial charge in [0.1, 0.15) is 11.5 Å². The molecule has 0 spiro atoms. The Hall–Kier alpha value is -2.28. The average Bonchev–Trinajstić information content (AvgIpc) is 2.61. The molecular weight excluding hydrogens is 292 g/mol. The standard InChI is InChI=1S/C23H26O/c1-4-9-19-11-8-10-18(2)23(19,3)20-14-16-22(17-15-20)24-21-12-6-5-7-13-21/h5-8,10-18H,4,9H2,1-3H3. The number of allylic oxidation sites excluding steroid dienone is 4. The van der Waals surface area contributed by atoms with Crippen molar-refractivity contribution in [3.05, 3.63) is 84.0 Å². The molecule has 0 amide bonds.